The number of nitrogens with zero attached hydrogens (tertiary/aromatic N) is 2. The number of carbonyl (C=O) groups is 1. The van der Waals surface area contributed by atoms with Gasteiger partial charge in [-0.2, -0.15) is 0 Å². The molecule has 0 aromatic heterocycles. The zero-order valence-corrected chi connectivity index (χ0v) is 16.5. The average molecular weight is 351 g/mol. The Hall–Kier alpha value is -1.17. The summed E-state index contributed by atoms with van der Waals surface area (Å²) in [6.07, 6.45) is 8.02. The van der Waals surface area contributed by atoms with Gasteiger partial charge in [0.25, 0.3) is 0 Å². The Kier molecular flexibility index (Phi) is 11.5. The van der Waals surface area contributed by atoms with E-state index in [0.717, 1.165) is 83.6 Å². The summed E-state index contributed by atoms with van der Waals surface area (Å²) in [5, 5.41) is 3.01. The summed E-state index contributed by atoms with van der Waals surface area (Å²) in [4.78, 5) is 16.9. The predicted octanol–water partition coefficient (Wildman–Crippen LogP) is 2.15. The molecule has 5 nitrogen and oxygen atoms in total. The number of nitrogens with one attached hydrogen (secondary N) is 1. The highest BCUT2D eigenvalue weighted by Gasteiger charge is 2.15. The molecule has 0 saturated carbocycles. The highest BCUT2D eigenvalue weighted by atomic mass is 16.1. The molecule has 0 aromatic carbocycles. The number of hydrogen-bond donors (Lipinski definition) is 2. The third-order valence-electron chi connectivity index (χ3n) is 4.56. The first kappa shape index (κ1) is 21.9. The van der Waals surface area contributed by atoms with Crippen LogP contribution in [0.15, 0.2) is 23.3 Å². The van der Waals surface area contributed by atoms with Gasteiger partial charge >= 0.3 is 0 Å². The molecule has 1 fully saturated rings. The van der Waals surface area contributed by atoms with Crippen LogP contribution in [0.2, 0.25) is 0 Å². The first-order valence-electron chi connectivity index (χ1n) is 9.74. The SMILES string of the molecule is CC(C)=CCCC(C)=CC(=O)NCCCN1CCN(CCCN)CC1. The molecule has 1 heterocycles. The number of amides is 1. The number of allylic oxidation sites excluding steroid dienone is 3. The molecule has 0 unspecified atom stereocenters. The zero-order chi connectivity index (χ0) is 18.5. The number of carbonyl (C=O) groups excluding carboxylic acids is 1. The van der Waals surface area contributed by atoms with Crippen molar-refractivity contribution in [3.05, 3.63) is 23.3 Å². The van der Waals surface area contributed by atoms with Crippen molar-refractivity contribution >= 4 is 5.91 Å². The summed E-state index contributed by atoms with van der Waals surface area (Å²) in [6, 6.07) is 0. The van der Waals surface area contributed by atoms with Gasteiger partial charge in [-0.1, -0.05) is 17.2 Å². The monoisotopic (exact) mass is 350 g/mol. The van der Waals surface area contributed by atoms with Crippen molar-refractivity contribution in [3.8, 4) is 0 Å². The van der Waals surface area contributed by atoms with Gasteiger partial charge in [0.05, 0.1) is 0 Å². The molecule has 3 N–H and O–H groups in total. The van der Waals surface area contributed by atoms with Crippen LogP contribution in [-0.4, -0.2) is 68.1 Å². The van der Waals surface area contributed by atoms with Gasteiger partial charge in [-0.3, -0.25) is 4.79 Å². The lowest BCUT2D eigenvalue weighted by molar-refractivity contribution is -0.116. The summed E-state index contributed by atoms with van der Waals surface area (Å²) in [5.41, 5.74) is 8.04. The second kappa shape index (κ2) is 13.1. The Labute approximate surface area is 154 Å². The van der Waals surface area contributed by atoms with Crippen LogP contribution in [0.1, 0.15) is 46.5 Å². The average Bonchev–Trinajstić information content (AvgIpc) is 2.57. The van der Waals surface area contributed by atoms with Crippen molar-refractivity contribution in [1.29, 1.82) is 0 Å². The van der Waals surface area contributed by atoms with E-state index in [9.17, 15) is 4.79 Å². The smallest absolute Gasteiger partial charge is 0.243 e. The lowest BCUT2D eigenvalue weighted by Gasteiger charge is -2.34. The van der Waals surface area contributed by atoms with Gasteiger partial charge in [-0.25, -0.2) is 0 Å². The Morgan fingerprint density at radius 2 is 1.64 bits per heavy atom. The Balaban J connectivity index is 2.09. The molecular weight excluding hydrogens is 312 g/mol. The molecule has 1 rings (SSSR count). The summed E-state index contributed by atoms with van der Waals surface area (Å²) in [5.74, 6) is 0.0429. The summed E-state index contributed by atoms with van der Waals surface area (Å²) in [6.45, 7) is 14.5. The highest BCUT2D eigenvalue weighted by Crippen LogP contribution is 2.06. The van der Waals surface area contributed by atoms with Gasteiger partial charge in [0.15, 0.2) is 0 Å². The quantitative estimate of drug-likeness (QED) is 0.340. The van der Waals surface area contributed by atoms with Crippen molar-refractivity contribution in [2.75, 3.05) is 52.4 Å². The minimum absolute atomic E-state index is 0.0429. The van der Waals surface area contributed by atoms with E-state index in [1.54, 1.807) is 6.08 Å². The molecular formula is C20H38N4O. The normalized spacial score (nSPS) is 16.7. The number of rotatable bonds is 11. The van der Waals surface area contributed by atoms with Crippen LogP contribution in [0, 0.1) is 0 Å². The van der Waals surface area contributed by atoms with Crippen LogP contribution in [0.25, 0.3) is 0 Å². The summed E-state index contributed by atoms with van der Waals surface area (Å²) >= 11 is 0. The third kappa shape index (κ3) is 11.1. The van der Waals surface area contributed by atoms with Gasteiger partial charge in [0.1, 0.15) is 0 Å². The van der Waals surface area contributed by atoms with E-state index >= 15 is 0 Å². The van der Waals surface area contributed by atoms with E-state index < -0.39 is 0 Å². The maximum absolute atomic E-state index is 11.9. The van der Waals surface area contributed by atoms with Crippen LogP contribution in [0.5, 0.6) is 0 Å². The van der Waals surface area contributed by atoms with Crippen LogP contribution < -0.4 is 11.1 Å². The van der Waals surface area contributed by atoms with Gasteiger partial charge in [-0.05, 0) is 66.1 Å². The van der Waals surface area contributed by atoms with Gasteiger partial charge < -0.3 is 20.9 Å². The van der Waals surface area contributed by atoms with E-state index in [4.69, 9.17) is 5.73 Å². The fourth-order valence-electron chi connectivity index (χ4n) is 3.00. The topological polar surface area (TPSA) is 61.6 Å². The molecule has 0 radical (unpaired) electrons. The molecule has 1 saturated heterocycles. The first-order valence-corrected chi connectivity index (χ1v) is 9.74. The fraction of sp³-hybridized carbons (Fsp3) is 0.750. The van der Waals surface area contributed by atoms with E-state index in [1.165, 1.54) is 5.57 Å². The molecule has 1 aliphatic rings. The maximum Gasteiger partial charge on any atom is 0.243 e. The molecule has 1 amide bonds. The van der Waals surface area contributed by atoms with Crippen molar-refractivity contribution in [2.45, 2.75) is 46.5 Å². The molecule has 144 valence electrons. The maximum atomic E-state index is 11.9. The van der Waals surface area contributed by atoms with Crippen LogP contribution in [-0.2, 0) is 4.79 Å². The zero-order valence-electron chi connectivity index (χ0n) is 16.5. The molecule has 0 bridgehead atoms. The highest BCUT2D eigenvalue weighted by molar-refractivity contribution is 5.88. The first-order chi connectivity index (χ1) is 12.0. The molecule has 0 spiro atoms. The largest absolute Gasteiger partial charge is 0.353 e. The molecule has 25 heavy (non-hydrogen) atoms. The molecule has 0 aliphatic carbocycles. The minimum atomic E-state index is 0.0429. The lowest BCUT2D eigenvalue weighted by Crippen LogP contribution is -2.47. The summed E-state index contributed by atoms with van der Waals surface area (Å²) < 4.78 is 0. The third-order valence-corrected chi connectivity index (χ3v) is 4.56. The number of piperazine rings is 1. The van der Waals surface area contributed by atoms with Crippen molar-refractivity contribution in [3.63, 3.8) is 0 Å². The summed E-state index contributed by atoms with van der Waals surface area (Å²) in [7, 11) is 0. The van der Waals surface area contributed by atoms with E-state index in [2.05, 4.69) is 35.0 Å². The van der Waals surface area contributed by atoms with E-state index in [-0.39, 0.29) is 5.91 Å². The second-order valence-corrected chi connectivity index (χ2v) is 7.28. The molecule has 0 atom stereocenters. The standard InChI is InChI=1S/C20H38N4O/c1-18(2)7-4-8-19(3)17-20(25)22-10-6-12-24-15-13-23(14-16-24)11-5-9-21/h7,17H,4-6,8-16,21H2,1-3H3,(H,22,25). The van der Waals surface area contributed by atoms with Crippen LogP contribution >= 0.6 is 0 Å². The molecule has 5 heteroatoms. The minimum Gasteiger partial charge on any atom is -0.353 e. The van der Waals surface area contributed by atoms with Crippen molar-refractivity contribution in [2.24, 2.45) is 5.73 Å². The molecule has 1 aliphatic heterocycles. The van der Waals surface area contributed by atoms with Crippen molar-refractivity contribution in [1.82, 2.24) is 15.1 Å². The van der Waals surface area contributed by atoms with E-state index in [0.29, 0.717) is 0 Å². The van der Waals surface area contributed by atoms with Gasteiger partial charge in [-0.15, -0.1) is 0 Å². The second-order valence-electron chi connectivity index (χ2n) is 7.28. The van der Waals surface area contributed by atoms with Gasteiger partial charge in [0, 0.05) is 38.8 Å². The van der Waals surface area contributed by atoms with Crippen LogP contribution in [0.3, 0.4) is 0 Å². The number of hydrogen-bond acceptors (Lipinski definition) is 4. The fourth-order valence-corrected chi connectivity index (χ4v) is 3.00. The van der Waals surface area contributed by atoms with Crippen molar-refractivity contribution < 1.29 is 4.79 Å². The molecule has 0 aromatic rings. The lowest BCUT2D eigenvalue weighted by atomic mass is 10.1. The Morgan fingerprint density at radius 1 is 1.04 bits per heavy atom. The Bertz CT molecular complexity index is 433. The Morgan fingerprint density at radius 3 is 2.20 bits per heavy atom. The van der Waals surface area contributed by atoms with Crippen LogP contribution in [0.4, 0.5) is 0 Å². The van der Waals surface area contributed by atoms with E-state index in [1.807, 2.05) is 6.92 Å². The van der Waals surface area contributed by atoms with Gasteiger partial charge in [0.2, 0.25) is 5.91 Å². The predicted molar refractivity (Wildman–Crippen MR) is 107 cm³/mol. The number of nitrogens with two attached hydrogens (primary N) is 1.